The fraction of sp³-hybridized carbons (Fsp3) is 0.474. The summed E-state index contributed by atoms with van der Waals surface area (Å²) in [7, 11) is 0. The van der Waals surface area contributed by atoms with E-state index in [1.165, 1.54) is 25.0 Å². The van der Waals surface area contributed by atoms with E-state index in [4.69, 9.17) is 4.74 Å². The second-order valence-electron chi connectivity index (χ2n) is 6.72. The minimum absolute atomic E-state index is 0.0178. The first-order chi connectivity index (χ1) is 12.1. The van der Waals surface area contributed by atoms with E-state index in [1.807, 2.05) is 0 Å². The molecule has 6 nitrogen and oxygen atoms in total. The van der Waals surface area contributed by atoms with E-state index in [1.54, 1.807) is 18.2 Å². The van der Waals surface area contributed by atoms with E-state index in [-0.39, 0.29) is 17.3 Å². The number of nitro benzene ring substituents is 1. The van der Waals surface area contributed by atoms with E-state index in [0.717, 1.165) is 31.6 Å². The van der Waals surface area contributed by atoms with Crippen LogP contribution in [0, 0.1) is 22.0 Å². The second-order valence-corrected chi connectivity index (χ2v) is 6.72. The highest BCUT2D eigenvalue weighted by molar-refractivity contribution is 6.07. The standard InChI is InChI=1S/C19H22N2O4/c1-2-3-13-4-8-15(9-5-13)18-20-17(19(22)25-18)12-14-6-10-16(11-7-14)21(23)24/h6-7,10-13,15H,2-5,8-9H2,1H3. The lowest BCUT2D eigenvalue weighted by Crippen LogP contribution is -2.22. The van der Waals surface area contributed by atoms with Crippen LogP contribution in [0.15, 0.2) is 35.0 Å². The van der Waals surface area contributed by atoms with E-state index < -0.39 is 10.9 Å². The summed E-state index contributed by atoms with van der Waals surface area (Å²) < 4.78 is 5.38. The molecule has 6 heteroatoms. The average Bonchev–Trinajstić information content (AvgIpc) is 2.97. The van der Waals surface area contributed by atoms with Crippen LogP contribution < -0.4 is 0 Å². The second kappa shape index (κ2) is 7.59. The zero-order valence-corrected chi connectivity index (χ0v) is 14.3. The molecular weight excluding hydrogens is 320 g/mol. The fourth-order valence-electron chi connectivity index (χ4n) is 3.56. The minimum atomic E-state index is -0.452. The highest BCUT2D eigenvalue weighted by Gasteiger charge is 2.32. The molecule has 1 aliphatic heterocycles. The molecule has 0 N–H and O–H groups in total. The number of nitro groups is 1. The Morgan fingerprint density at radius 3 is 2.52 bits per heavy atom. The largest absolute Gasteiger partial charge is 0.406 e. The number of nitrogens with zero attached hydrogens (tertiary/aromatic N) is 2. The average molecular weight is 342 g/mol. The predicted molar refractivity (Wildman–Crippen MR) is 95.0 cm³/mol. The normalized spacial score (nSPS) is 24.9. The summed E-state index contributed by atoms with van der Waals surface area (Å²) in [6, 6.07) is 6.02. The maximum Gasteiger partial charge on any atom is 0.363 e. The van der Waals surface area contributed by atoms with E-state index in [2.05, 4.69) is 11.9 Å². The Morgan fingerprint density at radius 2 is 1.92 bits per heavy atom. The first-order valence-corrected chi connectivity index (χ1v) is 8.83. The monoisotopic (exact) mass is 342 g/mol. The van der Waals surface area contributed by atoms with Crippen molar-refractivity contribution >= 4 is 23.6 Å². The first-order valence-electron chi connectivity index (χ1n) is 8.83. The summed E-state index contributed by atoms with van der Waals surface area (Å²) in [6.45, 7) is 2.21. The number of carbonyl (C=O) groups excluding carboxylic acids is 1. The zero-order valence-electron chi connectivity index (χ0n) is 14.3. The van der Waals surface area contributed by atoms with Gasteiger partial charge < -0.3 is 4.74 Å². The Labute approximate surface area is 146 Å². The third kappa shape index (κ3) is 4.13. The first kappa shape index (κ1) is 17.3. The maximum absolute atomic E-state index is 12.1. The van der Waals surface area contributed by atoms with Crippen molar-refractivity contribution in [3.8, 4) is 0 Å². The minimum Gasteiger partial charge on any atom is -0.406 e. The summed E-state index contributed by atoms with van der Waals surface area (Å²) in [5.41, 5.74) is 0.970. The smallest absolute Gasteiger partial charge is 0.363 e. The Bertz CT molecular complexity index is 713. The van der Waals surface area contributed by atoms with Crippen LogP contribution in [0.25, 0.3) is 6.08 Å². The predicted octanol–water partition coefficient (Wildman–Crippen LogP) is 4.50. The quantitative estimate of drug-likeness (QED) is 0.341. The van der Waals surface area contributed by atoms with Crippen molar-refractivity contribution in [2.45, 2.75) is 45.4 Å². The molecule has 0 amide bonds. The Balaban J connectivity index is 1.69. The van der Waals surface area contributed by atoms with Gasteiger partial charge in [-0.2, -0.15) is 0 Å². The van der Waals surface area contributed by atoms with Crippen molar-refractivity contribution in [1.29, 1.82) is 0 Å². The number of esters is 1. The van der Waals surface area contributed by atoms with Gasteiger partial charge in [0.15, 0.2) is 5.70 Å². The lowest BCUT2D eigenvalue weighted by atomic mass is 9.80. The summed E-state index contributed by atoms with van der Waals surface area (Å²) in [4.78, 5) is 26.7. The van der Waals surface area contributed by atoms with Gasteiger partial charge in [0.25, 0.3) is 5.69 Å². The van der Waals surface area contributed by atoms with Gasteiger partial charge in [-0.25, -0.2) is 9.79 Å². The molecule has 132 valence electrons. The molecule has 0 atom stereocenters. The van der Waals surface area contributed by atoms with Gasteiger partial charge in [-0.05, 0) is 55.4 Å². The number of non-ortho nitro benzene ring substituents is 1. The van der Waals surface area contributed by atoms with Crippen molar-refractivity contribution in [1.82, 2.24) is 0 Å². The zero-order chi connectivity index (χ0) is 17.8. The van der Waals surface area contributed by atoms with Crippen LogP contribution in [-0.2, 0) is 9.53 Å². The van der Waals surface area contributed by atoms with Crippen LogP contribution in [0.1, 0.15) is 51.0 Å². The van der Waals surface area contributed by atoms with Gasteiger partial charge in [0.05, 0.1) is 4.92 Å². The maximum atomic E-state index is 12.1. The number of hydrogen-bond acceptors (Lipinski definition) is 5. The Kier molecular flexibility index (Phi) is 5.26. The van der Waals surface area contributed by atoms with Crippen LogP contribution in [0.2, 0.25) is 0 Å². The molecule has 1 aromatic rings. The molecule has 25 heavy (non-hydrogen) atoms. The van der Waals surface area contributed by atoms with Gasteiger partial charge in [0, 0.05) is 18.1 Å². The molecule has 1 heterocycles. The van der Waals surface area contributed by atoms with Crippen molar-refractivity contribution in [3.63, 3.8) is 0 Å². The van der Waals surface area contributed by atoms with Gasteiger partial charge in [-0.3, -0.25) is 10.1 Å². The molecule has 3 rings (SSSR count). The van der Waals surface area contributed by atoms with Gasteiger partial charge >= 0.3 is 5.97 Å². The Hall–Kier alpha value is -2.50. The van der Waals surface area contributed by atoms with Crippen LogP contribution in [0.3, 0.4) is 0 Å². The van der Waals surface area contributed by atoms with Crippen LogP contribution in [-0.4, -0.2) is 16.8 Å². The molecule has 0 spiro atoms. The van der Waals surface area contributed by atoms with E-state index in [9.17, 15) is 14.9 Å². The lowest BCUT2D eigenvalue weighted by molar-refractivity contribution is -0.384. The third-order valence-electron chi connectivity index (χ3n) is 4.94. The van der Waals surface area contributed by atoms with E-state index >= 15 is 0 Å². The van der Waals surface area contributed by atoms with Gasteiger partial charge in [-0.15, -0.1) is 0 Å². The molecule has 1 aromatic carbocycles. The molecular formula is C19H22N2O4. The molecule has 1 fully saturated rings. The topological polar surface area (TPSA) is 81.8 Å². The van der Waals surface area contributed by atoms with Crippen molar-refractivity contribution in [2.24, 2.45) is 16.8 Å². The number of cyclic esters (lactones) is 1. The molecule has 2 aliphatic rings. The highest BCUT2D eigenvalue weighted by atomic mass is 16.6. The number of aliphatic imine (C=N–C) groups is 1. The molecule has 1 aliphatic carbocycles. The Morgan fingerprint density at radius 1 is 1.24 bits per heavy atom. The third-order valence-corrected chi connectivity index (χ3v) is 4.94. The number of ether oxygens (including phenoxy) is 1. The van der Waals surface area contributed by atoms with Crippen molar-refractivity contribution in [3.05, 3.63) is 45.6 Å². The molecule has 0 saturated heterocycles. The molecule has 0 aromatic heterocycles. The van der Waals surface area contributed by atoms with Crippen LogP contribution in [0.4, 0.5) is 5.69 Å². The van der Waals surface area contributed by atoms with Gasteiger partial charge in [-0.1, -0.05) is 19.8 Å². The number of carbonyl (C=O) groups is 1. The van der Waals surface area contributed by atoms with Crippen molar-refractivity contribution in [2.75, 3.05) is 0 Å². The SMILES string of the molecule is CCCC1CCC(C2=NC(=Cc3ccc([N+](=O)[O-])cc3)C(=O)O2)CC1. The molecule has 0 bridgehead atoms. The number of benzene rings is 1. The van der Waals surface area contributed by atoms with Gasteiger partial charge in [0.2, 0.25) is 5.90 Å². The highest BCUT2D eigenvalue weighted by Crippen LogP contribution is 2.34. The number of hydrogen-bond donors (Lipinski definition) is 0. The molecule has 0 unspecified atom stereocenters. The fourth-order valence-corrected chi connectivity index (χ4v) is 3.56. The lowest BCUT2D eigenvalue weighted by Gasteiger charge is -2.27. The molecule has 1 saturated carbocycles. The van der Waals surface area contributed by atoms with Crippen molar-refractivity contribution < 1.29 is 14.5 Å². The summed E-state index contributed by atoms with van der Waals surface area (Å²) in [6.07, 6.45) is 8.45. The summed E-state index contributed by atoms with van der Waals surface area (Å²) in [5, 5.41) is 10.7. The van der Waals surface area contributed by atoms with Gasteiger partial charge in [0.1, 0.15) is 0 Å². The molecule has 0 radical (unpaired) electrons. The van der Waals surface area contributed by atoms with Crippen LogP contribution in [0.5, 0.6) is 0 Å². The summed E-state index contributed by atoms with van der Waals surface area (Å²) >= 11 is 0. The summed E-state index contributed by atoms with van der Waals surface area (Å²) in [5.74, 6) is 1.10. The van der Waals surface area contributed by atoms with Crippen LogP contribution >= 0.6 is 0 Å². The number of rotatable bonds is 5. The van der Waals surface area contributed by atoms with E-state index in [0.29, 0.717) is 11.5 Å².